The minimum Gasteiger partial charge on any atom is -0.457 e. The van der Waals surface area contributed by atoms with Crippen LogP contribution >= 0.6 is 11.3 Å². The second-order valence-electron chi connectivity index (χ2n) is 12.3. The SMILES string of the molecule is CC(C)c1ccnc(-n2c3cc(Oc4cccc(N5CN(c6ccccc6)c6ccccc65)c4)ccc3c3sc4ccccc4c32)c1. The third kappa shape index (κ3) is 4.64. The average Bonchev–Trinajstić information content (AvgIpc) is 3.78. The zero-order chi connectivity index (χ0) is 31.5. The molecule has 0 saturated carbocycles. The lowest BCUT2D eigenvalue weighted by Crippen LogP contribution is -2.23. The number of fused-ring (bicyclic) bond motifs is 6. The number of anilines is 4. The number of thiophene rings is 1. The van der Waals surface area contributed by atoms with Crippen molar-refractivity contribution >= 4 is 65.3 Å². The highest BCUT2D eigenvalue weighted by atomic mass is 32.1. The molecule has 6 heteroatoms. The summed E-state index contributed by atoms with van der Waals surface area (Å²) < 4.78 is 11.5. The van der Waals surface area contributed by atoms with Gasteiger partial charge in [0.2, 0.25) is 0 Å². The molecule has 0 N–H and O–H groups in total. The quantitative estimate of drug-likeness (QED) is 0.183. The monoisotopic (exact) mass is 628 g/mol. The Morgan fingerprint density at radius 3 is 2.21 bits per heavy atom. The van der Waals surface area contributed by atoms with E-state index in [9.17, 15) is 0 Å². The lowest BCUT2D eigenvalue weighted by molar-refractivity contribution is 0.483. The van der Waals surface area contributed by atoms with Crippen molar-refractivity contribution in [3.05, 3.63) is 145 Å². The molecule has 0 spiro atoms. The molecule has 9 rings (SSSR count). The molecule has 0 unspecified atom stereocenters. The fraction of sp³-hybridized carbons (Fsp3) is 0.0976. The number of para-hydroxylation sites is 3. The highest BCUT2D eigenvalue weighted by Gasteiger charge is 2.28. The third-order valence-corrected chi connectivity index (χ3v) is 10.3. The smallest absolute Gasteiger partial charge is 0.137 e. The Bertz CT molecular complexity index is 2430. The predicted molar refractivity (Wildman–Crippen MR) is 197 cm³/mol. The number of hydrogen-bond donors (Lipinski definition) is 0. The molecule has 4 heterocycles. The van der Waals surface area contributed by atoms with Crippen LogP contribution in [0.3, 0.4) is 0 Å². The van der Waals surface area contributed by atoms with Gasteiger partial charge in [-0.3, -0.25) is 4.57 Å². The second-order valence-corrected chi connectivity index (χ2v) is 13.4. The van der Waals surface area contributed by atoms with Crippen LogP contribution < -0.4 is 14.5 Å². The average molecular weight is 629 g/mol. The lowest BCUT2D eigenvalue weighted by atomic mass is 10.1. The van der Waals surface area contributed by atoms with Gasteiger partial charge in [0.25, 0.3) is 0 Å². The summed E-state index contributed by atoms with van der Waals surface area (Å²) in [5, 5.41) is 2.44. The second kappa shape index (κ2) is 11.0. The highest BCUT2D eigenvalue weighted by Crippen LogP contribution is 2.46. The third-order valence-electron chi connectivity index (χ3n) is 9.09. The van der Waals surface area contributed by atoms with Crippen molar-refractivity contribution in [1.82, 2.24) is 9.55 Å². The van der Waals surface area contributed by atoms with Crippen LogP contribution in [0.5, 0.6) is 11.5 Å². The van der Waals surface area contributed by atoms with Gasteiger partial charge in [0.15, 0.2) is 0 Å². The number of aromatic nitrogens is 2. The Labute approximate surface area is 277 Å². The van der Waals surface area contributed by atoms with Gasteiger partial charge in [-0.05, 0) is 78.2 Å². The van der Waals surface area contributed by atoms with E-state index in [1.807, 2.05) is 23.6 Å². The van der Waals surface area contributed by atoms with Crippen LogP contribution in [0.1, 0.15) is 25.3 Å². The van der Waals surface area contributed by atoms with Gasteiger partial charge in [-0.25, -0.2) is 4.98 Å². The summed E-state index contributed by atoms with van der Waals surface area (Å²) in [5.41, 5.74) is 8.18. The van der Waals surface area contributed by atoms with Crippen molar-refractivity contribution in [2.45, 2.75) is 19.8 Å². The van der Waals surface area contributed by atoms with Gasteiger partial charge in [-0.15, -0.1) is 11.3 Å². The molecule has 0 radical (unpaired) electrons. The molecule has 1 aliphatic heterocycles. The van der Waals surface area contributed by atoms with Crippen molar-refractivity contribution in [3.8, 4) is 17.3 Å². The molecule has 0 fully saturated rings. The molecule has 0 bridgehead atoms. The van der Waals surface area contributed by atoms with E-state index in [1.54, 1.807) is 0 Å². The van der Waals surface area contributed by atoms with Crippen molar-refractivity contribution < 1.29 is 4.74 Å². The van der Waals surface area contributed by atoms with Crippen LogP contribution in [0.25, 0.3) is 37.0 Å². The van der Waals surface area contributed by atoms with E-state index in [0.29, 0.717) is 5.92 Å². The molecule has 5 aromatic carbocycles. The Balaban J connectivity index is 1.12. The Hall–Kier alpha value is -5.59. The predicted octanol–water partition coefficient (Wildman–Crippen LogP) is 11.6. The Kier molecular flexibility index (Phi) is 6.50. The van der Waals surface area contributed by atoms with E-state index in [-0.39, 0.29) is 0 Å². The lowest BCUT2D eigenvalue weighted by Gasteiger charge is -2.22. The van der Waals surface area contributed by atoms with Crippen LogP contribution in [0.2, 0.25) is 0 Å². The maximum Gasteiger partial charge on any atom is 0.137 e. The van der Waals surface area contributed by atoms with Gasteiger partial charge in [-0.2, -0.15) is 0 Å². The zero-order valence-electron chi connectivity index (χ0n) is 26.2. The molecule has 0 saturated heterocycles. The van der Waals surface area contributed by atoms with E-state index in [1.165, 1.54) is 48.3 Å². The van der Waals surface area contributed by atoms with Crippen LogP contribution in [-0.2, 0) is 0 Å². The summed E-state index contributed by atoms with van der Waals surface area (Å²) in [6.45, 7) is 5.17. The molecule has 0 aliphatic carbocycles. The summed E-state index contributed by atoms with van der Waals surface area (Å²) in [7, 11) is 0. The molecular formula is C41H32N4OS. The number of benzene rings is 5. The molecule has 5 nitrogen and oxygen atoms in total. The van der Waals surface area contributed by atoms with Crippen LogP contribution in [-0.4, -0.2) is 16.2 Å². The highest BCUT2D eigenvalue weighted by molar-refractivity contribution is 7.26. The van der Waals surface area contributed by atoms with Gasteiger partial charge >= 0.3 is 0 Å². The Morgan fingerprint density at radius 2 is 1.38 bits per heavy atom. The van der Waals surface area contributed by atoms with Gasteiger partial charge in [-0.1, -0.05) is 68.4 Å². The first-order chi connectivity index (χ1) is 23.1. The zero-order valence-corrected chi connectivity index (χ0v) is 27.0. The topological polar surface area (TPSA) is 33.5 Å². The van der Waals surface area contributed by atoms with Crippen molar-refractivity contribution in [2.24, 2.45) is 0 Å². The van der Waals surface area contributed by atoms with Gasteiger partial charge < -0.3 is 14.5 Å². The molecule has 8 aromatic rings. The van der Waals surface area contributed by atoms with E-state index < -0.39 is 0 Å². The maximum absolute atomic E-state index is 6.63. The molecule has 0 amide bonds. The first-order valence-electron chi connectivity index (χ1n) is 16.0. The van der Waals surface area contributed by atoms with E-state index in [0.717, 1.165) is 35.2 Å². The number of hydrogen-bond acceptors (Lipinski definition) is 5. The number of ether oxygens (including phenoxy) is 1. The number of nitrogens with zero attached hydrogens (tertiary/aromatic N) is 4. The standard InChI is InChI=1S/C41H32N4OS/c1-27(2)28-21-22-42-39(23-28)45-37-25-32(19-20-33(37)41-40(45)34-15-6-9-18-38(34)47-41)46-31-14-10-13-30(24-31)44-26-43(29-11-4-3-5-12-29)35-16-7-8-17-36(35)44/h3-25,27H,26H2,1-2H3. The van der Waals surface area contributed by atoms with E-state index in [2.05, 4.69) is 156 Å². The molecule has 3 aromatic heterocycles. The normalized spacial score (nSPS) is 12.9. The van der Waals surface area contributed by atoms with Gasteiger partial charge in [0.05, 0.1) is 27.1 Å². The molecule has 1 aliphatic rings. The Morgan fingerprint density at radius 1 is 0.660 bits per heavy atom. The van der Waals surface area contributed by atoms with E-state index >= 15 is 0 Å². The summed E-state index contributed by atoms with van der Waals surface area (Å²) in [4.78, 5) is 9.58. The van der Waals surface area contributed by atoms with E-state index in [4.69, 9.17) is 9.72 Å². The van der Waals surface area contributed by atoms with Crippen LogP contribution in [0, 0.1) is 0 Å². The van der Waals surface area contributed by atoms with Gasteiger partial charge in [0.1, 0.15) is 24.0 Å². The molecule has 0 atom stereocenters. The van der Waals surface area contributed by atoms with Crippen LogP contribution in [0.15, 0.2) is 140 Å². The fourth-order valence-corrected chi connectivity index (χ4v) is 8.00. The summed E-state index contributed by atoms with van der Waals surface area (Å²) in [5.74, 6) is 2.91. The maximum atomic E-state index is 6.63. The minimum absolute atomic E-state index is 0.404. The van der Waals surface area contributed by atoms with Crippen LogP contribution in [0.4, 0.5) is 22.7 Å². The first-order valence-corrected chi connectivity index (χ1v) is 16.8. The number of rotatable bonds is 6. The summed E-state index contributed by atoms with van der Waals surface area (Å²) in [6.07, 6.45) is 1.93. The van der Waals surface area contributed by atoms with Gasteiger partial charge in [0, 0.05) is 45.2 Å². The van der Waals surface area contributed by atoms with Crippen molar-refractivity contribution in [1.29, 1.82) is 0 Å². The summed E-state index contributed by atoms with van der Waals surface area (Å²) >= 11 is 1.84. The first kappa shape index (κ1) is 27.7. The molecule has 47 heavy (non-hydrogen) atoms. The van der Waals surface area contributed by atoms with Crippen molar-refractivity contribution in [2.75, 3.05) is 16.5 Å². The molecule has 228 valence electrons. The minimum atomic E-state index is 0.404. The largest absolute Gasteiger partial charge is 0.457 e. The fourth-order valence-electron chi connectivity index (χ4n) is 6.78. The summed E-state index contributed by atoms with van der Waals surface area (Å²) in [6, 6.07) is 47.0. The van der Waals surface area contributed by atoms with Crippen molar-refractivity contribution in [3.63, 3.8) is 0 Å². The molecular weight excluding hydrogens is 597 g/mol. The number of pyridine rings is 1.